The third-order valence-electron chi connectivity index (χ3n) is 3.86. The lowest BCUT2D eigenvalue weighted by atomic mass is 10.1. The van der Waals surface area contributed by atoms with Crippen molar-refractivity contribution in [2.45, 2.75) is 30.3 Å². The Bertz CT molecular complexity index is 881. The lowest BCUT2D eigenvalue weighted by Gasteiger charge is -2.10. The highest BCUT2D eigenvalue weighted by atomic mass is 32.2. The largest absolute Gasteiger partial charge is 0.346 e. The number of carbonyl (C=O) groups is 1. The summed E-state index contributed by atoms with van der Waals surface area (Å²) in [4.78, 5) is 22.2. The van der Waals surface area contributed by atoms with Crippen LogP contribution < -0.4 is 5.32 Å². The normalized spacial score (nSPS) is 10.5. The van der Waals surface area contributed by atoms with Gasteiger partial charge in [0.25, 0.3) is 5.91 Å². The van der Waals surface area contributed by atoms with Crippen LogP contribution in [0.5, 0.6) is 0 Å². The first kappa shape index (κ1) is 17.2. The van der Waals surface area contributed by atoms with Gasteiger partial charge in [0.15, 0.2) is 0 Å². The summed E-state index contributed by atoms with van der Waals surface area (Å²) < 4.78 is 0. The van der Waals surface area contributed by atoms with E-state index in [9.17, 15) is 4.79 Å². The van der Waals surface area contributed by atoms with Gasteiger partial charge in [0, 0.05) is 17.3 Å². The molecule has 126 valence electrons. The van der Waals surface area contributed by atoms with Crippen LogP contribution in [0, 0.1) is 13.8 Å². The molecule has 1 N–H and O–H groups in total. The summed E-state index contributed by atoms with van der Waals surface area (Å²) in [7, 11) is 0. The van der Waals surface area contributed by atoms with E-state index in [0.717, 1.165) is 10.6 Å². The van der Waals surface area contributed by atoms with Crippen molar-refractivity contribution in [2.24, 2.45) is 0 Å². The zero-order valence-corrected chi connectivity index (χ0v) is 15.0. The molecule has 2 aromatic heterocycles. The number of benzene rings is 1. The van der Waals surface area contributed by atoms with E-state index in [1.54, 1.807) is 24.5 Å². The van der Waals surface area contributed by atoms with Gasteiger partial charge in [0.2, 0.25) is 0 Å². The number of rotatable bonds is 5. The van der Waals surface area contributed by atoms with Gasteiger partial charge in [-0.3, -0.25) is 9.78 Å². The van der Waals surface area contributed by atoms with Crippen LogP contribution in [0.2, 0.25) is 0 Å². The Balaban J connectivity index is 1.75. The van der Waals surface area contributed by atoms with Crippen molar-refractivity contribution in [3.63, 3.8) is 0 Å². The van der Waals surface area contributed by atoms with Crippen LogP contribution in [-0.4, -0.2) is 15.9 Å². The van der Waals surface area contributed by atoms with Crippen molar-refractivity contribution < 1.29 is 4.79 Å². The Morgan fingerprint density at radius 2 is 1.84 bits per heavy atom. The molecule has 0 aliphatic heterocycles. The number of hydrogen-bond donors (Lipinski definition) is 1. The molecule has 0 unspecified atom stereocenters. The smallest absolute Gasteiger partial charge is 0.254 e. The molecule has 3 rings (SSSR count). The van der Waals surface area contributed by atoms with Gasteiger partial charge in [-0.05, 0) is 61.4 Å². The second-order valence-corrected chi connectivity index (χ2v) is 6.77. The third kappa shape index (κ3) is 4.45. The second-order valence-electron chi connectivity index (χ2n) is 5.71. The van der Waals surface area contributed by atoms with E-state index >= 15 is 0 Å². The SMILES string of the molecule is Cc1ccc(Sc2ncccc2C(=O)NCc2ccccn2)cc1C. The van der Waals surface area contributed by atoms with Crippen LogP contribution in [0.25, 0.3) is 0 Å². The minimum atomic E-state index is -0.148. The molecule has 4 nitrogen and oxygen atoms in total. The van der Waals surface area contributed by atoms with Crippen molar-refractivity contribution in [1.29, 1.82) is 0 Å². The first-order valence-electron chi connectivity index (χ1n) is 8.02. The maximum absolute atomic E-state index is 12.6. The maximum atomic E-state index is 12.6. The van der Waals surface area contributed by atoms with Crippen LogP contribution >= 0.6 is 11.8 Å². The summed E-state index contributed by atoms with van der Waals surface area (Å²) in [5.41, 5.74) is 3.87. The quantitative estimate of drug-likeness (QED) is 0.751. The predicted octanol–water partition coefficient (Wildman–Crippen LogP) is 4.17. The minimum absolute atomic E-state index is 0.148. The number of pyridine rings is 2. The maximum Gasteiger partial charge on any atom is 0.254 e. The summed E-state index contributed by atoms with van der Waals surface area (Å²) in [5.74, 6) is -0.148. The van der Waals surface area contributed by atoms with Gasteiger partial charge in [0.1, 0.15) is 5.03 Å². The summed E-state index contributed by atoms with van der Waals surface area (Å²) in [6, 6.07) is 15.5. The number of nitrogens with zero attached hydrogens (tertiary/aromatic N) is 2. The topological polar surface area (TPSA) is 54.9 Å². The molecule has 0 radical (unpaired) electrons. The monoisotopic (exact) mass is 349 g/mol. The Kier molecular flexibility index (Phi) is 5.46. The Morgan fingerprint density at radius 3 is 2.60 bits per heavy atom. The fraction of sp³-hybridized carbons (Fsp3) is 0.150. The first-order valence-corrected chi connectivity index (χ1v) is 8.83. The second kappa shape index (κ2) is 7.94. The van der Waals surface area contributed by atoms with E-state index in [1.165, 1.54) is 22.9 Å². The molecule has 0 saturated heterocycles. The van der Waals surface area contributed by atoms with E-state index in [4.69, 9.17) is 0 Å². The van der Waals surface area contributed by atoms with Crippen LogP contribution in [0.1, 0.15) is 27.2 Å². The molecule has 0 saturated carbocycles. The molecule has 0 aliphatic rings. The molecule has 0 aliphatic carbocycles. The molecule has 1 amide bonds. The van der Waals surface area contributed by atoms with Gasteiger partial charge in [-0.1, -0.05) is 23.9 Å². The van der Waals surface area contributed by atoms with Gasteiger partial charge in [0.05, 0.1) is 17.8 Å². The molecule has 0 spiro atoms. The number of aromatic nitrogens is 2. The number of amides is 1. The van der Waals surface area contributed by atoms with Gasteiger partial charge in [-0.15, -0.1) is 0 Å². The van der Waals surface area contributed by atoms with Crippen molar-refractivity contribution in [3.05, 3.63) is 83.3 Å². The number of hydrogen-bond acceptors (Lipinski definition) is 4. The van der Waals surface area contributed by atoms with Gasteiger partial charge < -0.3 is 5.32 Å². The molecule has 0 atom stereocenters. The van der Waals surface area contributed by atoms with Crippen molar-refractivity contribution in [1.82, 2.24) is 15.3 Å². The molecule has 2 heterocycles. The number of nitrogens with one attached hydrogen (secondary N) is 1. The minimum Gasteiger partial charge on any atom is -0.346 e. The molecular formula is C20H19N3OS. The first-order chi connectivity index (χ1) is 12.1. The molecule has 5 heteroatoms. The highest BCUT2D eigenvalue weighted by Gasteiger charge is 2.13. The molecule has 1 aromatic carbocycles. The van der Waals surface area contributed by atoms with E-state index < -0.39 is 0 Å². The summed E-state index contributed by atoms with van der Waals surface area (Å²) >= 11 is 1.50. The van der Waals surface area contributed by atoms with E-state index in [0.29, 0.717) is 17.1 Å². The Morgan fingerprint density at radius 1 is 1.00 bits per heavy atom. The summed E-state index contributed by atoms with van der Waals surface area (Å²) in [5, 5.41) is 3.61. The summed E-state index contributed by atoms with van der Waals surface area (Å²) in [6.45, 7) is 4.56. The average Bonchev–Trinajstić information content (AvgIpc) is 2.64. The van der Waals surface area contributed by atoms with Crippen LogP contribution in [0.3, 0.4) is 0 Å². The number of aryl methyl sites for hydroxylation is 2. The molecule has 25 heavy (non-hydrogen) atoms. The van der Waals surface area contributed by atoms with Gasteiger partial charge in [-0.25, -0.2) is 4.98 Å². The standard InChI is InChI=1S/C20H19N3OS/c1-14-8-9-17(12-15(14)2)25-20-18(7-5-11-22-20)19(24)23-13-16-6-3-4-10-21-16/h3-12H,13H2,1-2H3,(H,23,24). The molecule has 3 aromatic rings. The van der Waals surface area contributed by atoms with E-state index in [1.807, 2.05) is 18.2 Å². The molecule has 0 fully saturated rings. The Hall–Kier alpha value is -2.66. The zero-order valence-electron chi connectivity index (χ0n) is 14.2. The zero-order chi connectivity index (χ0) is 17.6. The summed E-state index contributed by atoms with van der Waals surface area (Å²) in [6.07, 6.45) is 3.42. The van der Waals surface area contributed by atoms with Crippen LogP contribution in [0.4, 0.5) is 0 Å². The predicted molar refractivity (Wildman–Crippen MR) is 99.7 cm³/mol. The lowest BCUT2D eigenvalue weighted by Crippen LogP contribution is -2.24. The fourth-order valence-corrected chi connectivity index (χ4v) is 3.28. The Labute approximate surface area is 151 Å². The van der Waals surface area contributed by atoms with Crippen molar-refractivity contribution in [3.8, 4) is 0 Å². The van der Waals surface area contributed by atoms with Crippen molar-refractivity contribution >= 4 is 17.7 Å². The highest BCUT2D eigenvalue weighted by Crippen LogP contribution is 2.29. The third-order valence-corrected chi connectivity index (χ3v) is 4.87. The number of carbonyl (C=O) groups excluding carboxylic acids is 1. The van der Waals surface area contributed by atoms with Crippen LogP contribution in [-0.2, 0) is 6.54 Å². The van der Waals surface area contributed by atoms with Crippen molar-refractivity contribution in [2.75, 3.05) is 0 Å². The van der Waals surface area contributed by atoms with E-state index in [2.05, 4.69) is 47.3 Å². The molecular weight excluding hydrogens is 330 g/mol. The average molecular weight is 349 g/mol. The lowest BCUT2D eigenvalue weighted by molar-refractivity contribution is 0.0946. The van der Waals surface area contributed by atoms with Gasteiger partial charge >= 0.3 is 0 Å². The van der Waals surface area contributed by atoms with Crippen LogP contribution in [0.15, 0.2) is 70.8 Å². The van der Waals surface area contributed by atoms with Gasteiger partial charge in [-0.2, -0.15) is 0 Å². The fourth-order valence-electron chi connectivity index (χ4n) is 2.30. The van der Waals surface area contributed by atoms with E-state index in [-0.39, 0.29) is 5.91 Å². The highest BCUT2D eigenvalue weighted by molar-refractivity contribution is 7.99. The molecule has 0 bridgehead atoms.